The lowest BCUT2D eigenvalue weighted by atomic mass is 10.1. The molecule has 0 aliphatic rings. The molecule has 0 heterocycles. The average molecular weight is 1760 g/mol. The van der Waals surface area contributed by atoms with E-state index in [-0.39, 0.29) is 26.1 Å². The van der Waals surface area contributed by atoms with Gasteiger partial charge in [-0.25, -0.2) is 59.3 Å². The first-order chi connectivity index (χ1) is 46.3. The van der Waals surface area contributed by atoms with Crippen molar-refractivity contribution in [3.05, 3.63) is 0 Å². The van der Waals surface area contributed by atoms with Crippen LogP contribution in [0.2, 0.25) is 0 Å². The van der Waals surface area contributed by atoms with E-state index in [2.05, 4.69) is 99.5 Å². The van der Waals surface area contributed by atoms with Gasteiger partial charge in [-0.15, -0.1) is 0 Å². The quantitative estimate of drug-likeness (QED) is 0.0304. The summed E-state index contributed by atoms with van der Waals surface area (Å²) in [4.78, 5) is 135. The molecule has 0 saturated carbocycles. The predicted octanol–water partition coefficient (Wildman–Crippen LogP) is 3.77. The highest BCUT2D eigenvalue weighted by Gasteiger charge is 2.34. The first kappa shape index (κ1) is 102. The van der Waals surface area contributed by atoms with Gasteiger partial charge in [0.05, 0.1) is 165 Å². The van der Waals surface area contributed by atoms with Crippen LogP contribution < -0.4 is 0 Å². The van der Waals surface area contributed by atoms with Crippen molar-refractivity contribution < 1.29 is 246 Å². The fourth-order valence-electron chi connectivity index (χ4n) is 5.37. The van der Waals surface area contributed by atoms with Gasteiger partial charge in [0.1, 0.15) is 0 Å². The summed E-state index contributed by atoms with van der Waals surface area (Å²) < 4.78 is 269. The second-order valence-electron chi connectivity index (χ2n) is 18.3. The molecule has 0 saturated heterocycles. The van der Waals surface area contributed by atoms with Crippen LogP contribution in [0.15, 0.2) is 0 Å². The average Bonchev–Trinajstić information content (AvgIpc) is 0.943. The predicted molar refractivity (Wildman–Crippen MR) is 327 cm³/mol. The van der Waals surface area contributed by atoms with E-state index in [1.807, 2.05) is 0 Å². The summed E-state index contributed by atoms with van der Waals surface area (Å²) in [5.41, 5.74) is 0. The van der Waals surface area contributed by atoms with E-state index in [9.17, 15) is 118 Å². The fraction of sp³-hybridized carbons (Fsp3) is 1.00. The summed E-state index contributed by atoms with van der Waals surface area (Å²) in [6.07, 6.45) is 0.797. The van der Waals surface area contributed by atoms with Crippen LogP contribution in [0.25, 0.3) is 0 Å². The van der Waals surface area contributed by atoms with Crippen LogP contribution in [0.4, 0.5) is 0 Å². The molecule has 0 bridgehead atoms. The van der Waals surface area contributed by atoms with Crippen LogP contribution in [-0.4, -0.2) is 245 Å². The molecule has 0 aliphatic heterocycles. The molecule has 0 aromatic heterocycles. The van der Waals surface area contributed by atoms with Gasteiger partial charge in [-0.05, 0) is 19.3 Å². The molecule has 15 N–H and O–H groups in total. The molecule has 0 radical (unpaired) electrons. The van der Waals surface area contributed by atoms with Gasteiger partial charge >= 0.3 is 102 Å². The Labute approximate surface area is 575 Å². The van der Waals surface area contributed by atoms with E-state index in [4.69, 9.17) is 28.5 Å². The Hall–Kier alpha value is 1.39. The van der Waals surface area contributed by atoms with Crippen molar-refractivity contribution >= 4 is 102 Å². The second kappa shape index (κ2) is 50.4. The normalized spacial score (nSPS) is 20.7. The monoisotopic (exact) mass is 1760 g/mol. The highest BCUT2D eigenvalue weighted by Crippen LogP contribution is 2.53. The lowest BCUT2D eigenvalue weighted by Crippen LogP contribution is -2.16. The van der Waals surface area contributed by atoms with Crippen molar-refractivity contribution in [2.24, 2.45) is 17.8 Å². The summed E-state index contributed by atoms with van der Waals surface area (Å²) >= 11 is 0. The minimum Gasteiger partial charge on any atom is -0.396 e. The molecular formula is C35H85O53P13. The van der Waals surface area contributed by atoms with Crippen molar-refractivity contribution in [1.82, 2.24) is 0 Å². The minimum atomic E-state index is -5.03. The van der Waals surface area contributed by atoms with E-state index in [1.54, 1.807) is 20.8 Å². The number of phosphoric acid groups is 13. The Kier molecular flexibility index (Phi) is 51.1. The summed E-state index contributed by atoms with van der Waals surface area (Å²) in [5.74, 6) is -1.99. The van der Waals surface area contributed by atoms with E-state index in [0.29, 0.717) is 6.42 Å². The zero-order valence-electron chi connectivity index (χ0n) is 53.3. The van der Waals surface area contributed by atoms with Gasteiger partial charge in [-0.2, -0.15) is 0 Å². The number of hydrogen-bond acceptors (Lipinski definition) is 39. The molecule has 101 heavy (non-hydrogen) atoms. The van der Waals surface area contributed by atoms with Gasteiger partial charge in [-0.3, -0.25) is 113 Å². The van der Waals surface area contributed by atoms with Gasteiger partial charge in [0.2, 0.25) is 0 Å². The Balaban J connectivity index is 4.34. The van der Waals surface area contributed by atoms with Crippen molar-refractivity contribution in [3.63, 3.8) is 0 Å². The Morgan fingerprint density at radius 3 is 0.406 bits per heavy atom. The number of aliphatic hydroxyl groups is 1. The maximum atomic E-state index is 12.3. The van der Waals surface area contributed by atoms with Crippen LogP contribution in [-0.2, 0) is 172 Å². The zero-order chi connectivity index (χ0) is 77.4. The van der Waals surface area contributed by atoms with Crippen LogP contribution in [0, 0.1) is 17.8 Å². The molecule has 15 unspecified atom stereocenters. The zero-order valence-corrected chi connectivity index (χ0v) is 64.9. The van der Waals surface area contributed by atoms with Crippen LogP contribution in [0.3, 0.4) is 0 Å². The van der Waals surface area contributed by atoms with E-state index in [1.165, 1.54) is 0 Å². The number of phosphoric ester groups is 13. The van der Waals surface area contributed by atoms with Crippen molar-refractivity contribution in [1.29, 1.82) is 0 Å². The first-order valence-corrected chi connectivity index (χ1v) is 47.5. The Morgan fingerprint density at radius 1 is 0.188 bits per heavy atom. The fourth-order valence-corrected chi connectivity index (χ4v) is 14.4. The molecule has 66 heteroatoms. The van der Waals surface area contributed by atoms with Gasteiger partial charge in [0, 0.05) is 24.4 Å². The van der Waals surface area contributed by atoms with Crippen molar-refractivity contribution in [3.8, 4) is 0 Å². The maximum absolute atomic E-state index is 12.3. The minimum absolute atomic E-state index is 0.146. The van der Waals surface area contributed by atoms with Crippen LogP contribution >= 0.6 is 102 Å². The third-order valence-electron chi connectivity index (χ3n) is 10.3. The summed E-state index contributed by atoms with van der Waals surface area (Å²) in [6, 6.07) is 0. The molecular weight excluding hydrogens is 1670 g/mol. The number of hydrogen-bond donors (Lipinski definition) is 15. The molecule has 53 nitrogen and oxygen atoms in total. The number of rotatable bonds is 69. The smallest absolute Gasteiger partial charge is 0.396 e. The van der Waals surface area contributed by atoms with Crippen molar-refractivity contribution in [2.45, 2.75) is 40.0 Å². The third kappa shape index (κ3) is 59.8. The summed E-state index contributed by atoms with van der Waals surface area (Å²) in [6.45, 7) is -15.9. The first-order valence-electron chi connectivity index (χ1n) is 28.1. The Morgan fingerprint density at radius 2 is 0.297 bits per heavy atom. The summed E-state index contributed by atoms with van der Waals surface area (Å²) in [7, 11) is -63.8. The largest absolute Gasteiger partial charge is 0.472 e. The topological polar surface area (TPSA) is 756 Å². The SMILES string of the molecule is CCC(CO)COP(=O)(O)OCCOP(=O)(O)OCC(CC)COP(=O)(O)OCCOP(=O)(O)OCCOP(=O)(O)OCCOP(=O)(O)OCCOP(=O)(O)OCCOP(=O)(O)OCCOP(=O)(O)OCCOP(=O)(O)OCCOP(=O)(O)OCCOP(=O)(O)OCC(CC)COP(=O)(O)O. The standard InChI is InChI=1S/C35H85O53P13/c1-4-33(27-36)28-85-98(56,57)80-25-26-83-101(62,63)88-32-35(6-3)31-87-100(60,61)82-24-22-79-97(54,55)77-20-18-75-95(50,51)73-16-14-71-93(46,47)69-12-10-67-91(42,43)65-8-7-64-90(40,41)66-9-11-68-92(44,45)70-13-15-72-94(48,49)74-17-19-76-96(52,53)78-21-23-81-99(58,59)86-30-34(5-2)29-84-89(37,38)39/h33-36H,4-32H2,1-3H3,(H,40,41)(H,42,43)(H,44,45)(H,46,47)(H,48,49)(H,50,51)(H,52,53)(H,54,55)(H,56,57)(H,58,59)(H,60,61)(H,62,63)(H2,37,38,39). The molecule has 0 aromatic rings. The van der Waals surface area contributed by atoms with Crippen molar-refractivity contribution in [2.75, 3.05) is 172 Å². The maximum Gasteiger partial charge on any atom is 0.472 e. The molecule has 0 amide bonds. The third-order valence-corrected chi connectivity index (χ3v) is 22.8. The van der Waals surface area contributed by atoms with Gasteiger partial charge in [0.25, 0.3) is 0 Å². The van der Waals surface area contributed by atoms with Gasteiger partial charge in [0.15, 0.2) is 0 Å². The van der Waals surface area contributed by atoms with Crippen LogP contribution in [0.5, 0.6) is 0 Å². The molecule has 608 valence electrons. The molecule has 0 fully saturated rings. The number of aliphatic hydroxyl groups excluding tert-OH is 1. The van der Waals surface area contributed by atoms with E-state index >= 15 is 0 Å². The highest BCUT2D eigenvalue weighted by atomic mass is 31.2. The van der Waals surface area contributed by atoms with Gasteiger partial charge < -0.3 is 73.6 Å². The molecule has 0 aliphatic carbocycles. The summed E-state index contributed by atoms with van der Waals surface area (Å²) in [5, 5.41) is 9.13. The molecule has 0 rings (SSSR count). The second-order valence-corrected chi connectivity index (χ2v) is 36.9. The lowest BCUT2D eigenvalue weighted by Gasteiger charge is -2.20. The molecule has 0 spiro atoms. The van der Waals surface area contributed by atoms with E-state index in [0.717, 1.165) is 0 Å². The molecule has 0 aromatic carbocycles. The van der Waals surface area contributed by atoms with E-state index < -0.39 is 278 Å². The highest BCUT2D eigenvalue weighted by molar-refractivity contribution is 7.50. The van der Waals surface area contributed by atoms with Gasteiger partial charge in [-0.1, -0.05) is 20.8 Å². The van der Waals surface area contributed by atoms with Crippen LogP contribution in [0.1, 0.15) is 40.0 Å². The lowest BCUT2D eigenvalue weighted by molar-refractivity contribution is 0.0675. The Bertz CT molecular complexity index is 2980. The molecule has 15 atom stereocenters.